The highest BCUT2D eigenvalue weighted by molar-refractivity contribution is 6.22. The number of hydrogen-bond donors (Lipinski definition) is 0. The fourth-order valence-corrected chi connectivity index (χ4v) is 1.67. The van der Waals surface area contributed by atoms with Gasteiger partial charge in [0.1, 0.15) is 0 Å². The minimum absolute atomic E-state index is 0.0672. The van der Waals surface area contributed by atoms with Crippen molar-refractivity contribution in [3.8, 4) is 0 Å². The van der Waals surface area contributed by atoms with E-state index in [1.807, 2.05) is 24.3 Å². The summed E-state index contributed by atoms with van der Waals surface area (Å²) in [7, 11) is 0. The zero-order valence-corrected chi connectivity index (χ0v) is 8.66. The van der Waals surface area contributed by atoms with Crippen LogP contribution in [0.25, 0.3) is 0 Å². The fourth-order valence-electron chi connectivity index (χ4n) is 1.67. The number of rotatable bonds is 0. The summed E-state index contributed by atoms with van der Waals surface area (Å²) < 4.78 is 0. The Hall–Kier alpha value is -1.44. The lowest BCUT2D eigenvalue weighted by Gasteiger charge is -2.18. The molecule has 0 spiro atoms. The van der Waals surface area contributed by atoms with E-state index in [1.165, 1.54) is 0 Å². The quantitative estimate of drug-likeness (QED) is 0.614. The maximum atomic E-state index is 11.5. The molecule has 0 bridgehead atoms. The van der Waals surface area contributed by atoms with E-state index in [2.05, 4.69) is 25.8 Å². The van der Waals surface area contributed by atoms with Crippen molar-refractivity contribution in [3.63, 3.8) is 0 Å². The van der Waals surface area contributed by atoms with Crippen molar-refractivity contribution in [2.24, 2.45) is 10.4 Å². The Morgan fingerprint density at radius 3 is 2.21 bits per heavy atom. The Balaban J connectivity index is 2.60. The van der Waals surface area contributed by atoms with Crippen LogP contribution in [0.3, 0.4) is 0 Å². The van der Waals surface area contributed by atoms with Gasteiger partial charge < -0.3 is 0 Å². The van der Waals surface area contributed by atoms with Crippen molar-refractivity contribution < 1.29 is 4.79 Å². The van der Waals surface area contributed by atoms with Gasteiger partial charge in [0.05, 0.1) is 11.3 Å². The van der Waals surface area contributed by atoms with Crippen LogP contribution in [-0.4, -0.2) is 11.6 Å². The molecule has 2 nitrogen and oxygen atoms in total. The van der Waals surface area contributed by atoms with Gasteiger partial charge in [-0.1, -0.05) is 39.0 Å². The summed E-state index contributed by atoms with van der Waals surface area (Å²) in [5.41, 5.74) is 2.56. The number of nitrogens with zero attached hydrogens (tertiary/aromatic N) is 1. The summed E-state index contributed by atoms with van der Waals surface area (Å²) in [4.78, 5) is 15.6. The van der Waals surface area contributed by atoms with Crippen molar-refractivity contribution in [2.45, 2.75) is 20.8 Å². The predicted octanol–water partition coefficient (Wildman–Crippen LogP) is 2.68. The Kier molecular flexibility index (Phi) is 1.81. The summed E-state index contributed by atoms with van der Waals surface area (Å²) in [6, 6.07) is 7.61. The lowest BCUT2D eigenvalue weighted by molar-refractivity contribution is 0.101. The molecule has 1 aliphatic heterocycles. The summed E-state index contributed by atoms with van der Waals surface area (Å²) in [6.07, 6.45) is 0. The standard InChI is InChI=1S/C12H13NO/c1-12(2,3)10-8-6-4-5-7-9(8)11(14)13-10/h4-7H,1-3H3. The van der Waals surface area contributed by atoms with Gasteiger partial charge in [-0.05, 0) is 6.07 Å². The average Bonchev–Trinajstić information content (AvgIpc) is 2.44. The monoisotopic (exact) mass is 187 g/mol. The second-order valence-electron chi connectivity index (χ2n) is 4.56. The van der Waals surface area contributed by atoms with Gasteiger partial charge in [0.2, 0.25) is 0 Å². The molecule has 2 rings (SSSR count). The summed E-state index contributed by atoms with van der Waals surface area (Å²) in [5.74, 6) is -0.106. The van der Waals surface area contributed by atoms with Crippen LogP contribution in [0.1, 0.15) is 36.7 Å². The first-order valence-electron chi connectivity index (χ1n) is 4.73. The number of amides is 1. The van der Waals surface area contributed by atoms with Gasteiger partial charge in [0.15, 0.2) is 0 Å². The van der Waals surface area contributed by atoms with Crippen LogP contribution in [0, 0.1) is 5.41 Å². The van der Waals surface area contributed by atoms with Gasteiger partial charge in [-0.25, -0.2) is 4.99 Å². The number of fused-ring (bicyclic) bond motifs is 1. The first kappa shape index (κ1) is 9.13. The first-order valence-corrected chi connectivity index (χ1v) is 4.73. The molecular formula is C12H13NO. The lowest BCUT2D eigenvalue weighted by Crippen LogP contribution is -2.19. The van der Waals surface area contributed by atoms with E-state index in [1.54, 1.807) is 0 Å². The molecule has 0 unspecified atom stereocenters. The molecule has 0 N–H and O–H groups in total. The SMILES string of the molecule is CC(C)(C)C1=NC(=O)c2ccccc21. The molecule has 1 heterocycles. The van der Waals surface area contributed by atoms with Gasteiger partial charge in [0.25, 0.3) is 5.91 Å². The zero-order valence-electron chi connectivity index (χ0n) is 8.66. The number of carbonyl (C=O) groups is 1. The van der Waals surface area contributed by atoms with Crippen LogP contribution >= 0.6 is 0 Å². The summed E-state index contributed by atoms with van der Waals surface area (Å²) >= 11 is 0. The molecule has 0 atom stereocenters. The molecule has 0 aliphatic carbocycles. The van der Waals surface area contributed by atoms with Crippen molar-refractivity contribution in [1.29, 1.82) is 0 Å². The zero-order chi connectivity index (χ0) is 10.3. The molecule has 0 fully saturated rings. The van der Waals surface area contributed by atoms with Crippen molar-refractivity contribution >= 4 is 11.6 Å². The second-order valence-corrected chi connectivity index (χ2v) is 4.56. The fraction of sp³-hybridized carbons (Fsp3) is 0.333. The molecule has 0 saturated carbocycles. The highest BCUT2D eigenvalue weighted by Crippen LogP contribution is 2.29. The van der Waals surface area contributed by atoms with Gasteiger partial charge in [-0.2, -0.15) is 0 Å². The Morgan fingerprint density at radius 2 is 1.64 bits per heavy atom. The molecule has 1 aromatic rings. The van der Waals surface area contributed by atoms with Crippen molar-refractivity contribution in [1.82, 2.24) is 0 Å². The Morgan fingerprint density at radius 1 is 1.07 bits per heavy atom. The van der Waals surface area contributed by atoms with Crippen molar-refractivity contribution in [3.05, 3.63) is 35.4 Å². The van der Waals surface area contributed by atoms with E-state index < -0.39 is 0 Å². The van der Waals surface area contributed by atoms with Gasteiger partial charge in [-0.3, -0.25) is 4.79 Å². The maximum absolute atomic E-state index is 11.5. The topological polar surface area (TPSA) is 29.4 Å². The normalized spacial score (nSPS) is 15.4. The van der Waals surface area contributed by atoms with Crippen LogP contribution in [0.4, 0.5) is 0 Å². The van der Waals surface area contributed by atoms with Gasteiger partial charge >= 0.3 is 0 Å². The summed E-state index contributed by atoms with van der Waals surface area (Å²) in [5, 5.41) is 0. The number of benzene rings is 1. The largest absolute Gasteiger partial charge is 0.277 e. The van der Waals surface area contributed by atoms with Crippen LogP contribution < -0.4 is 0 Å². The predicted molar refractivity (Wildman–Crippen MR) is 56.8 cm³/mol. The van der Waals surface area contributed by atoms with E-state index in [-0.39, 0.29) is 11.3 Å². The lowest BCUT2D eigenvalue weighted by atomic mass is 9.85. The third kappa shape index (κ3) is 1.27. The van der Waals surface area contributed by atoms with Gasteiger partial charge in [-0.15, -0.1) is 0 Å². The number of carbonyl (C=O) groups excluding carboxylic acids is 1. The minimum atomic E-state index is -0.106. The smallest absolute Gasteiger partial charge is 0.267 e. The van der Waals surface area contributed by atoms with E-state index in [4.69, 9.17) is 0 Å². The maximum Gasteiger partial charge on any atom is 0.277 e. The van der Waals surface area contributed by atoms with E-state index in [0.717, 1.165) is 16.8 Å². The van der Waals surface area contributed by atoms with Crippen LogP contribution in [-0.2, 0) is 0 Å². The van der Waals surface area contributed by atoms with Crippen molar-refractivity contribution in [2.75, 3.05) is 0 Å². The van der Waals surface area contributed by atoms with Crippen LogP contribution in [0.2, 0.25) is 0 Å². The molecule has 72 valence electrons. The highest BCUT2D eigenvalue weighted by Gasteiger charge is 2.30. The summed E-state index contributed by atoms with van der Waals surface area (Å²) in [6.45, 7) is 6.21. The molecule has 1 aliphatic rings. The van der Waals surface area contributed by atoms with E-state index >= 15 is 0 Å². The van der Waals surface area contributed by atoms with Crippen LogP contribution in [0.15, 0.2) is 29.3 Å². The molecule has 1 amide bonds. The molecule has 0 saturated heterocycles. The average molecular weight is 187 g/mol. The molecule has 0 aromatic heterocycles. The molecule has 0 radical (unpaired) electrons. The van der Waals surface area contributed by atoms with Crippen LogP contribution in [0.5, 0.6) is 0 Å². The van der Waals surface area contributed by atoms with E-state index in [9.17, 15) is 4.79 Å². The van der Waals surface area contributed by atoms with E-state index in [0.29, 0.717) is 0 Å². The molecule has 1 aromatic carbocycles. The third-order valence-corrected chi connectivity index (χ3v) is 2.34. The molecule has 2 heteroatoms. The second kappa shape index (κ2) is 2.77. The number of hydrogen-bond acceptors (Lipinski definition) is 1. The molecule has 14 heavy (non-hydrogen) atoms. The molecular weight excluding hydrogens is 174 g/mol. The highest BCUT2D eigenvalue weighted by atomic mass is 16.1. The first-order chi connectivity index (χ1) is 6.50. The minimum Gasteiger partial charge on any atom is -0.267 e. The Labute approximate surface area is 83.7 Å². The number of aliphatic imine (C=N–C) groups is 1. The third-order valence-electron chi connectivity index (χ3n) is 2.34. The van der Waals surface area contributed by atoms with Gasteiger partial charge in [0, 0.05) is 11.0 Å². The Bertz CT molecular complexity index is 424.